The van der Waals surface area contributed by atoms with Crippen LogP contribution in [-0.2, 0) is 39.0 Å². The average molecular weight is 487 g/mol. The molecular formula is C13H11BF6O4Zn2. The van der Waals surface area contributed by atoms with Gasteiger partial charge in [-0.05, 0) is 6.82 Å². The Labute approximate surface area is 170 Å². The molecule has 0 aliphatic heterocycles. The Morgan fingerprint density at radius 2 is 0.769 bits per heavy atom. The minimum absolute atomic E-state index is 0. The molecule has 0 bridgehead atoms. The van der Waals surface area contributed by atoms with E-state index < -0.39 is 53.5 Å². The third-order valence-corrected chi connectivity index (χ3v) is 1.96. The zero-order valence-corrected chi connectivity index (χ0v) is 19.3. The van der Waals surface area contributed by atoms with Crippen LogP contribution in [0.5, 0.6) is 11.5 Å². The van der Waals surface area contributed by atoms with Crippen LogP contribution in [0.25, 0.3) is 0 Å². The van der Waals surface area contributed by atoms with E-state index in [2.05, 4.69) is 0 Å². The van der Waals surface area contributed by atoms with Crippen molar-refractivity contribution >= 4 is 7.12 Å². The molecule has 0 aromatic heterocycles. The van der Waals surface area contributed by atoms with Gasteiger partial charge in [-0.25, -0.2) is 26.3 Å². The summed E-state index contributed by atoms with van der Waals surface area (Å²) >= 11 is 0. The van der Waals surface area contributed by atoms with E-state index in [1.807, 2.05) is 0 Å². The van der Waals surface area contributed by atoms with Gasteiger partial charge in [0.2, 0.25) is 0 Å². The van der Waals surface area contributed by atoms with Crippen LogP contribution in [0.3, 0.4) is 0 Å². The van der Waals surface area contributed by atoms with Crippen LogP contribution >= 0.6 is 0 Å². The van der Waals surface area contributed by atoms with Gasteiger partial charge in [0.1, 0.15) is 11.6 Å². The van der Waals surface area contributed by atoms with Gasteiger partial charge in [0.05, 0.1) is 0 Å². The molecule has 4 N–H and O–H groups in total. The van der Waals surface area contributed by atoms with E-state index in [-0.39, 0.29) is 39.0 Å². The number of benzene rings is 2. The summed E-state index contributed by atoms with van der Waals surface area (Å²) < 4.78 is 72.5. The van der Waals surface area contributed by atoms with Crippen LogP contribution in [0.2, 0.25) is 6.82 Å². The quantitative estimate of drug-likeness (QED) is 0.341. The van der Waals surface area contributed by atoms with Gasteiger partial charge < -0.3 is 20.3 Å². The average Bonchev–Trinajstić information content (AvgIpc) is 2.42. The maximum atomic E-state index is 12.1. The molecule has 136 valence electrons. The first kappa shape index (κ1) is 29.6. The van der Waals surface area contributed by atoms with Crippen LogP contribution in [0, 0.1) is 34.9 Å². The van der Waals surface area contributed by atoms with Gasteiger partial charge in [-0.3, -0.25) is 0 Å². The molecule has 26 heavy (non-hydrogen) atoms. The van der Waals surface area contributed by atoms with E-state index in [9.17, 15) is 26.3 Å². The number of phenols is 2. The van der Waals surface area contributed by atoms with E-state index >= 15 is 0 Å². The summed E-state index contributed by atoms with van der Waals surface area (Å²) in [5.74, 6) is -9.58. The molecule has 4 nitrogen and oxygen atoms in total. The molecule has 0 saturated heterocycles. The Bertz CT molecular complexity index is 589. The summed E-state index contributed by atoms with van der Waals surface area (Å²) in [5, 5.41) is 32.1. The maximum absolute atomic E-state index is 12.1. The molecule has 0 saturated carbocycles. The van der Waals surface area contributed by atoms with Gasteiger partial charge in [-0.2, -0.15) is 0 Å². The Balaban J connectivity index is -0.000000319. The summed E-state index contributed by atoms with van der Waals surface area (Å²) in [7, 11) is -1.17. The van der Waals surface area contributed by atoms with Crippen LogP contribution in [0.1, 0.15) is 0 Å². The predicted molar refractivity (Wildman–Crippen MR) is 72.0 cm³/mol. The summed E-state index contributed by atoms with van der Waals surface area (Å²) in [4.78, 5) is 0. The van der Waals surface area contributed by atoms with Crippen LogP contribution in [0.4, 0.5) is 26.3 Å². The van der Waals surface area contributed by atoms with Gasteiger partial charge in [0, 0.05) is 63.2 Å². The Kier molecular flexibility index (Phi) is 15.9. The maximum Gasteiger partial charge on any atom is 0.448 e. The second-order valence-corrected chi connectivity index (χ2v) is 4.07. The SMILES string of the molecule is CB(O)O.Oc1c(F)cc(F)cc1F.Oc1c(F)cc(F)cc1F.[Zn].[Zn]. The van der Waals surface area contributed by atoms with E-state index in [0.29, 0.717) is 24.3 Å². The van der Waals surface area contributed by atoms with Crippen molar-refractivity contribution in [1.82, 2.24) is 0 Å². The summed E-state index contributed by atoms with van der Waals surface area (Å²) in [5.41, 5.74) is 0. The number of rotatable bonds is 0. The zero-order valence-electron chi connectivity index (χ0n) is 13.4. The van der Waals surface area contributed by atoms with Crippen molar-refractivity contribution in [3.05, 3.63) is 59.2 Å². The first-order valence-electron chi connectivity index (χ1n) is 5.98. The van der Waals surface area contributed by atoms with Crippen molar-refractivity contribution in [2.75, 3.05) is 0 Å². The van der Waals surface area contributed by atoms with Crippen LogP contribution in [0.15, 0.2) is 24.3 Å². The van der Waals surface area contributed by atoms with Crippen molar-refractivity contribution in [1.29, 1.82) is 0 Å². The van der Waals surface area contributed by atoms with Crippen molar-refractivity contribution < 1.29 is 85.6 Å². The Morgan fingerprint density at radius 1 is 0.615 bits per heavy atom. The third kappa shape index (κ3) is 11.5. The monoisotopic (exact) mass is 484 g/mol. The Morgan fingerprint density at radius 3 is 0.923 bits per heavy atom. The van der Waals surface area contributed by atoms with Gasteiger partial charge in [0.15, 0.2) is 34.8 Å². The van der Waals surface area contributed by atoms with Gasteiger partial charge in [-0.1, -0.05) is 0 Å². The molecule has 0 aliphatic carbocycles. The number of hydrogen-bond acceptors (Lipinski definition) is 4. The Hall–Kier alpha value is -1.15. The van der Waals surface area contributed by atoms with E-state index in [1.165, 1.54) is 6.82 Å². The van der Waals surface area contributed by atoms with Gasteiger partial charge >= 0.3 is 7.12 Å². The molecule has 2 aromatic rings. The molecule has 0 atom stereocenters. The fourth-order valence-electron chi connectivity index (χ4n) is 1.07. The first-order valence-corrected chi connectivity index (χ1v) is 5.98. The first-order chi connectivity index (χ1) is 11.0. The molecule has 0 fully saturated rings. The minimum atomic E-state index is -1.29. The second-order valence-electron chi connectivity index (χ2n) is 4.07. The van der Waals surface area contributed by atoms with E-state index in [1.54, 1.807) is 0 Å². The van der Waals surface area contributed by atoms with Crippen molar-refractivity contribution in [3.8, 4) is 11.5 Å². The van der Waals surface area contributed by atoms with E-state index in [4.69, 9.17) is 20.3 Å². The molecular weight excluding hydrogens is 476 g/mol. The van der Waals surface area contributed by atoms with Crippen molar-refractivity contribution in [3.63, 3.8) is 0 Å². The number of aromatic hydroxyl groups is 2. The normalized spacial score (nSPS) is 8.65. The summed E-state index contributed by atoms with van der Waals surface area (Å²) in [6.45, 7) is 1.28. The summed E-state index contributed by atoms with van der Waals surface area (Å²) in [6.07, 6.45) is 0. The number of hydrogen-bond donors (Lipinski definition) is 4. The molecule has 0 amide bonds. The fraction of sp³-hybridized carbons (Fsp3) is 0.0769. The molecule has 0 aliphatic rings. The molecule has 2 rings (SSSR count). The number of phenolic OH excluding ortho intramolecular Hbond substituents is 2. The smallest absolute Gasteiger partial charge is 0.448 e. The molecule has 0 radical (unpaired) electrons. The van der Waals surface area contributed by atoms with Crippen molar-refractivity contribution in [2.45, 2.75) is 6.82 Å². The number of halogens is 6. The summed E-state index contributed by atoms with van der Waals surface area (Å²) in [6, 6.07) is 1.60. The topological polar surface area (TPSA) is 80.9 Å². The van der Waals surface area contributed by atoms with Gasteiger partial charge in [0.25, 0.3) is 0 Å². The molecule has 13 heteroatoms. The molecule has 2 aromatic carbocycles. The second kappa shape index (κ2) is 14.0. The van der Waals surface area contributed by atoms with Crippen molar-refractivity contribution in [2.24, 2.45) is 0 Å². The minimum Gasteiger partial charge on any atom is -0.503 e. The van der Waals surface area contributed by atoms with E-state index in [0.717, 1.165) is 0 Å². The standard InChI is InChI=1S/2C6H3F3O.CH5BO2.2Zn/c2*7-3-1-4(8)6(10)5(9)2-3;1-2(3)4;;/h2*1-2,10H;3-4H,1H3;;. The molecule has 0 unspecified atom stereocenters. The largest absolute Gasteiger partial charge is 0.503 e. The van der Waals surface area contributed by atoms with Crippen LogP contribution in [-0.4, -0.2) is 27.4 Å². The fourth-order valence-corrected chi connectivity index (χ4v) is 1.07. The molecule has 0 spiro atoms. The predicted octanol–water partition coefficient (Wildman–Crippen LogP) is 2.70. The van der Waals surface area contributed by atoms with Gasteiger partial charge in [-0.15, -0.1) is 0 Å². The zero-order chi connectivity index (χ0) is 19.0. The van der Waals surface area contributed by atoms with Crippen LogP contribution < -0.4 is 0 Å². The third-order valence-electron chi connectivity index (χ3n) is 1.96. The molecule has 0 heterocycles.